The summed E-state index contributed by atoms with van der Waals surface area (Å²) >= 11 is 0. The molecule has 0 spiro atoms. The standard InChI is InChI=1S/C26H34N7O8P/c1-6-37-22-19-21(30-25(28)31-22)33(14-29-19)24-26(5,13-27)20(34)18(40-24)12-38-42(36,41-17-10-8-7-9-11-17)32-16(4)23(35)39-15(2)3/h7-11,14-16,18,20,24,34H,6,12H2,1-5H3,(H,32,36)(H2,28,30,31)/t16-,18-,20-,24-,26-,42-/m1/s1. The molecule has 3 aromatic rings. The fourth-order valence-corrected chi connectivity index (χ4v) is 5.84. The van der Waals surface area contributed by atoms with E-state index in [0.29, 0.717) is 6.61 Å². The van der Waals surface area contributed by atoms with Gasteiger partial charge in [0.15, 0.2) is 17.4 Å². The number of aliphatic hydroxyl groups excluding tert-OH is 1. The van der Waals surface area contributed by atoms with Gasteiger partial charge in [-0.15, -0.1) is 0 Å². The Balaban J connectivity index is 1.60. The number of nitriles is 1. The topological polar surface area (TPSA) is 206 Å². The second-order valence-electron chi connectivity index (χ2n) is 10.0. The van der Waals surface area contributed by atoms with Crippen molar-refractivity contribution in [3.05, 3.63) is 36.7 Å². The first-order chi connectivity index (χ1) is 19.9. The Hall–Kier alpha value is -3.80. The number of hydrogen-bond donors (Lipinski definition) is 3. The van der Waals surface area contributed by atoms with Crippen molar-refractivity contribution in [1.82, 2.24) is 24.6 Å². The van der Waals surface area contributed by atoms with Crippen LogP contribution >= 0.6 is 7.75 Å². The number of benzene rings is 1. The van der Waals surface area contributed by atoms with Crippen LogP contribution in [-0.2, 0) is 23.4 Å². The highest BCUT2D eigenvalue weighted by Gasteiger charge is 2.56. The summed E-state index contributed by atoms with van der Waals surface area (Å²) in [4.78, 5) is 25.1. The Morgan fingerprint density at radius 3 is 2.67 bits per heavy atom. The maximum absolute atomic E-state index is 13.9. The predicted octanol–water partition coefficient (Wildman–Crippen LogP) is 2.73. The largest absolute Gasteiger partial charge is 0.476 e. The molecule has 1 fully saturated rings. The van der Waals surface area contributed by atoms with E-state index in [4.69, 9.17) is 29.0 Å². The molecule has 0 aliphatic carbocycles. The molecule has 1 aromatic carbocycles. The van der Waals surface area contributed by atoms with Crippen LogP contribution in [-0.4, -0.2) is 68.2 Å². The fourth-order valence-electron chi connectivity index (χ4n) is 4.34. The van der Waals surface area contributed by atoms with Crippen LogP contribution < -0.4 is 20.1 Å². The number of hydrogen-bond acceptors (Lipinski definition) is 13. The van der Waals surface area contributed by atoms with Crippen LogP contribution in [0.2, 0.25) is 0 Å². The molecule has 15 nitrogen and oxygen atoms in total. The van der Waals surface area contributed by atoms with Gasteiger partial charge in [0.2, 0.25) is 11.8 Å². The number of nitrogens with one attached hydrogen (secondary N) is 1. The molecule has 4 N–H and O–H groups in total. The van der Waals surface area contributed by atoms with Gasteiger partial charge in [0.25, 0.3) is 0 Å². The lowest BCUT2D eigenvalue weighted by Crippen LogP contribution is -2.39. The van der Waals surface area contributed by atoms with Crippen LogP contribution in [0.3, 0.4) is 0 Å². The molecule has 2 aromatic heterocycles. The number of nitrogen functional groups attached to an aromatic ring is 1. The zero-order valence-electron chi connectivity index (χ0n) is 23.8. The lowest BCUT2D eigenvalue weighted by molar-refractivity contribution is -0.149. The second kappa shape index (κ2) is 12.6. The Morgan fingerprint density at radius 1 is 1.31 bits per heavy atom. The summed E-state index contributed by atoms with van der Waals surface area (Å²) in [6.45, 7) is 7.93. The van der Waals surface area contributed by atoms with Crippen LogP contribution in [0.15, 0.2) is 36.7 Å². The van der Waals surface area contributed by atoms with Gasteiger partial charge in [-0.3, -0.25) is 13.9 Å². The minimum Gasteiger partial charge on any atom is -0.476 e. The second-order valence-corrected chi connectivity index (χ2v) is 11.7. The number of carbonyl (C=O) groups is 1. The lowest BCUT2D eigenvalue weighted by Gasteiger charge is -2.26. The molecule has 3 heterocycles. The normalized spacial score (nSPS) is 24.2. The Labute approximate surface area is 242 Å². The number of fused-ring (bicyclic) bond motifs is 1. The average Bonchev–Trinajstić information content (AvgIpc) is 3.46. The highest BCUT2D eigenvalue weighted by molar-refractivity contribution is 7.52. The van der Waals surface area contributed by atoms with E-state index in [1.165, 1.54) is 24.7 Å². The lowest BCUT2D eigenvalue weighted by atomic mass is 9.84. The molecule has 4 rings (SSSR count). The highest BCUT2D eigenvalue weighted by atomic mass is 31.2. The molecule has 0 amide bonds. The third kappa shape index (κ3) is 6.48. The zero-order chi connectivity index (χ0) is 30.7. The molecule has 226 valence electrons. The molecule has 1 aliphatic rings. The van der Waals surface area contributed by atoms with Crippen molar-refractivity contribution in [2.45, 2.75) is 65.2 Å². The third-order valence-electron chi connectivity index (χ3n) is 6.40. The minimum atomic E-state index is -4.26. The summed E-state index contributed by atoms with van der Waals surface area (Å²) in [5.41, 5.74) is 4.86. The maximum atomic E-state index is 13.9. The molecule has 0 unspecified atom stereocenters. The number of aliphatic hydroxyl groups is 1. The van der Waals surface area contributed by atoms with Gasteiger partial charge >= 0.3 is 13.7 Å². The van der Waals surface area contributed by atoms with E-state index in [1.54, 1.807) is 51.1 Å². The summed E-state index contributed by atoms with van der Waals surface area (Å²) in [7, 11) is -4.26. The molecule has 42 heavy (non-hydrogen) atoms. The molecule has 1 aliphatic heterocycles. The van der Waals surface area contributed by atoms with Crippen LogP contribution in [0, 0.1) is 16.7 Å². The number of nitrogens with two attached hydrogens (primary N) is 1. The van der Waals surface area contributed by atoms with Crippen LogP contribution in [0.5, 0.6) is 11.6 Å². The third-order valence-corrected chi connectivity index (χ3v) is 8.04. The summed E-state index contributed by atoms with van der Waals surface area (Å²) < 4.78 is 43.5. The van der Waals surface area contributed by atoms with Gasteiger partial charge in [0.05, 0.1) is 31.7 Å². The summed E-state index contributed by atoms with van der Waals surface area (Å²) in [6.07, 6.45) is -2.70. The van der Waals surface area contributed by atoms with Crippen molar-refractivity contribution >= 4 is 30.8 Å². The van der Waals surface area contributed by atoms with E-state index in [0.717, 1.165) is 0 Å². The summed E-state index contributed by atoms with van der Waals surface area (Å²) in [6, 6.07) is 9.26. The zero-order valence-corrected chi connectivity index (χ0v) is 24.7. The van der Waals surface area contributed by atoms with Crippen molar-refractivity contribution in [2.24, 2.45) is 5.41 Å². The van der Waals surface area contributed by atoms with E-state index < -0.39 is 56.3 Å². The van der Waals surface area contributed by atoms with Gasteiger partial charge < -0.3 is 29.6 Å². The Bertz CT molecular complexity index is 1500. The number of ether oxygens (including phenoxy) is 3. The number of esters is 1. The van der Waals surface area contributed by atoms with E-state index in [1.807, 2.05) is 0 Å². The minimum absolute atomic E-state index is 0.0834. The van der Waals surface area contributed by atoms with Crippen LogP contribution in [0.4, 0.5) is 5.95 Å². The van der Waals surface area contributed by atoms with Gasteiger partial charge in [-0.2, -0.15) is 20.3 Å². The highest BCUT2D eigenvalue weighted by Crippen LogP contribution is 2.49. The molecular formula is C26H34N7O8P. The van der Waals surface area contributed by atoms with Crippen molar-refractivity contribution in [3.63, 3.8) is 0 Å². The number of nitrogens with zero attached hydrogens (tertiary/aromatic N) is 5. The monoisotopic (exact) mass is 603 g/mol. The quantitative estimate of drug-likeness (QED) is 0.201. The predicted molar refractivity (Wildman–Crippen MR) is 149 cm³/mol. The SMILES string of the molecule is CCOc1nc(N)nc2c1ncn2[C@@H]1O[C@H](CO[P@](=O)(N[C@H](C)C(=O)OC(C)C)Oc2ccccc2)[C@@H](O)[C@@]1(C)C#N. The number of carbonyl (C=O) groups excluding carboxylic acids is 1. The van der Waals surface area contributed by atoms with Gasteiger partial charge in [-0.05, 0) is 46.8 Å². The van der Waals surface area contributed by atoms with E-state index in [-0.39, 0.29) is 28.7 Å². The first-order valence-electron chi connectivity index (χ1n) is 13.3. The van der Waals surface area contributed by atoms with Gasteiger partial charge in [-0.25, -0.2) is 9.55 Å². The van der Waals surface area contributed by atoms with Crippen LogP contribution in [0.1, 0.15) is 40.8 Å². The molecule has 16 heteroatoms. The molecule has 0 radical (unpaired) electrons. The number of aromatic nitrogens is 4. The fraction of sp³-hybridized carbons (Fsp3) is 0.500. The van der Waals surface area contributed by atoms with Crippen molar-refractivity contribution in [3.8, 4) is 17.7 Å². The number of para-hydroxylation sites is 1. The summed E-state index contributed by atoms with van der Waals surface area (Å²) in [5, 5.41) is 23.9. The van der Waals surface area contributed by atoms with Crippen LogP contribution in [0.25, 0.3) is 11.2 Å². The number of imidazole rings is 1. The van der Waals surface area contributed by atoms with Crippen molar-refractivity contribution in [1.29, 1.82) is 5.26 Å². The Morgan fingerprint density at radius 2 is 2.02 bits per heavy atom. The first-order valence-corrected chi connectivity index (χ1v) is 14.8. The maximum Gasteiger partial charge on any atom is 0.459 e. The smallest absolute Gasteiger partial charge is 0.459 e. The van der Waals surface area contributed by atoms with Gasteiger partial charge in [0, 0.05) is 0 Å². The average molecular weight is 604 g/mol. The Kier molecular flexibility index (Phi) is 9.34. The van der Waals surface area contributed by atoms with Gasteiger partial charge in [0.1, 0.15) is 29.4 Å². The van der Waals surface area contributed by atoms with E-state index in [9.17, 15) is 19.7 Å². The van der Waals surface area contributed by atoms with E-state index in [2.05, 4.69) is 26.1 Å². The number of rotatable bonds is 12. The van der Waals surface area contributed by atoms with E-state index >= 15 is 0 Å². The summed E-state index contributed by atoms with van der Waals surface area (Å²) in [5.74, 6) is -0.386. The van der Waals surface area contributed by atoms with Gasteiger partial charge in [-0.1, -0.05) is 18.2 Å². The molecule has 0 saturated carbocycles. The first kappa shape index (κ1) is 31.1. The molecule has 0 bridgehead atoms. The number of anilines is 1. The molecule has 1 saturated heterocycles. The molecular weight excluding hydrogens is 569 g/mol. The molecule has 6 atom stereocenters. The van der Waals surface area contributed by atoms with Crippen molar-refractivity contribution < 1.29 is 37.7 Å². The van der Waals surface area contributed by atoms with Crippen molar-refractivity contribution in [2.75, 3.05) is 18.9 Å².